The number of amides is 1. The van der Waals surface area contributed by atoms with E-state index in [1.807, 2.05) is 30.8 Å². The Balaban J connectivity index is 1.65. The first kappa shape index (κ1) is 20.5. The summed E-state index contributed by atoms with van der Waals surface area (Å²) in [5, 5.41) is 11.6. The molecule has 1 amide bonds. The molecule has 0 aliphatic rings. The predicted molar refractivity (Wildman–Crippen MR) is 110 cm³/mol. The molecule has 160 valence electrons. The molecule has 4 rings (SSSR count). The van der Waals surface area contributed by atoms with Crippen molar-refractivity contribution in [3.8, 4) is 17.0 Å². The first-order valence-electron chi connectivity index (χ1n) is 9.61. The molecule has 0 aliphatic heterocycles. The van der Waals surface area contributed by atoms with Crippen LogP contribution in [-0.2, 0) is 6.54 Å². The van der Waals surface area contributed by atoms with Gasteiger partial charge >= 0.3 is 6.61 Å². The SMILES string of the molecule is CCn1cc(-c2ccnc3c(C(=O)Nc4ccc(OC(F)F)cc4C)cnn23)c(C)n1. The third-order valence-corrected chi connectivity index (χ3v) is 4.86. The number of anilines is 1. The van der Waals surface area contributed by atoms with E-state index >= 15 is 0 Å². The first-order chi connectivity index (χ1) is 14.9. The van der Waals surface area contributed by atoms with E-state index < -0.39 is 12.5 Å². The minimum atomic E-state index is -2.91. The maximum atomic E-state index is 12.9. The molecule has 0 unspecified atom stereocenters. The number of carbonyl (C=O) groups excluding carboxylic acids is 1. The van der Waals surface area contributed by atoms with E-state index in [2.05, 4.69) is 25.2 Å². The summed E-state index contributed by atoms with van der Waals surface area (Å²) >= 11 is 0. The number of carbonyl (C=O) groups is 1. The lowest BCUT2D eigenvalue weighted by atomic mass is 10.1. The average Bonchev–Trinajstić information content (AvgIpc) is 3.33. The van der Waals surface area contributed by atoms with Crippen LogP contribution in [0.2, 0.25) is 0 Å². The number of halogens is 2. The number of nitrogens with one attached hydrogen (secondary N) is 1. The Hall–Kier alpha value is -3.82. The molecule has 3 aromatic heterocycles. The molecule has 3 heterocycles. The average molecular weight is 426 g/mol. The number of aryl methyl sites for hydroxylation is 3. The van der Waals surface area contributed by atoms with Gasteiger partial charge in [-0.25, -0.2) is 9.50 Å². The summed E-state index contributed by atoms with van der Waals surface area (Å²) in [6.07, 6.45) is 5.00. The number of hydrogen-bond donors (Lipinski definition) is 1. The van der Waals surface area contributed by atoms with Gasteiger partial charge in [0.05, 0.1) is 17.6 Å². The third kappa shape index (κ3) is 3.96. The standard InChI is InChI=1S/C21H20F2N6O2/c1-4-28-11-16(13(3)27-28)18-7-8-24-19-15(10-25-29(18)19)20(30)26-17-6-5-14(9-12(17)2)31-21(22)23/h5-11,21H,4H2,1-3H3,(H,26,30). The molecule has 31 heavy (non-hydrogen) atoms. The second-order valence-electron chi connectivity index (χ2n) is 6.92. The Labute approximate surface area is 176 Å². The van der Waals surface area contributed by atoms with E-state index in [4.69, 9.17) is 0 Å². The second-order valence-corrected chi connectivity index (χ2v) is 6.92. The van der Waals surface area contributed by atoms with Gasteiger partial charge in [-0.3, -0.25) is 9.48 Å². The van der Waals surface area contributed by atoms with E-state index in [0.717, 1.165) is 23.5 Å². The minimum absolute atomic E-state index is 0.0239. The summed E-state index contributed by atoms with van der Waals surface area (Å²) in [7, 11) is 0. The van der Waals surface area contributed by atoms with Crippen LogP contribution in [0, 0.1) is 13.8 Å². The summed E-state index contributed by atoms with van der Waals surface area (Å²) in [5.41, 5.74) is 4.25. The van der Waals surface area contributed by atoms with Gasteiger partial charge in [0.1, 0.15) is 11.3 Å². The van der Waals surface area contributed by atoms with Crippen LogP contribution in [0.5, 0.6) is 5.75 Å². The number of alkyl halides is 2. The van der Waals surface area contributed by atoms with Crippen molar-refractivity contribution in [1.29, 1.82) is 0 Å². The van der Waals surface area contributed by atoms with Gasteiger partial charge in [0.2, 0.25) is 0 Å². The van der Waals surface area contributed by atoms with Gasteiger partial charge < -0.3 is 10.1 Å². The molecule has 8 nitrogen and oxygen atoms in total. The molecular weight excluding hydrogens is 406 g/mol. The molecule has 0 atom stereocenters. The highest BCUT2D eigenvalue weighted by molar-refractivity contribution is 6.08. The largest absolute Gasteiger partial charge is 0.435 e. The van der Waals surface area contributed by atoms with Gasteiger partial charge in [-0.15, -0.1) is 0 Å². The highest BCUT2D eigenvalue weighted by Crippen LogP contribution is 2.26. The van der Waals surface area contributed by atoms with Crippen LogP contribution in [0.15, 0.2) is 42.9 Å². The molecule has 0 spiro atoms. The Morgan fingerprint density at radius 3 is 2.74 bits per heavy atom. The van der Waals surface area contributed by atoms with Crippen molar-refractivity contribution in [2.75, 3.05) is 5.32 Å². The fraction of sp³-hybridized carbons (Fsp3) is 0.238. The molecule has 1 aromatic carbocycles. The molecular formula is C21H20F2N6O2. The molecule has 0 radical (unpaired) electrons. The number of fused-ring (bicyclic) bond motifs is 1. The Morgan fingerprint density at radius 2 is 2.06 bits per heavy atom. The van der Waals surface area contributed by atoms with Gasteiger partial charge in [-0.2, -0.15) is 19.0 Å². The zero-order valence-corrected chi connectivity index (χ0v) is 17.1. The molecule has 0 saturated carbocycles. The number of hydrogen-bond acceptors (Lipinski definition) is 5. The lowest BCUT2D eigenvalue weighted by Crippen LogP contribution is -2.13. The third-order valence-electron chi connectivity index (χ3n) is 4.86. The number of aromatic nitrogens is 5. The van der Waals surface area contributed by atoms with E-state index in [0.29, 0.717) is 16.9 Å². The zero-order chi connectivity index (χ0) is 22.1. The maximum Gasteiger partial charge on any atom is 0.387 e. The normalized spacial score (nSPS) is 11.3. The molecule has 0 saturated heterocycles. The van der Waals surface area contributed by atoms with E-state index in [1.165, 1.54) is 24.4 Å². The van der Waals surface area contributed by atoms with Crippen molar-refractivity contribution in [3.63, 3.8) is 0 Å². The van der Waals surface area contributed by atoms with Crippen LogP contribution in [0.4, 0.5) is 14.5 Å². The summed E-state index contributed by atoms with van der Waals surface area (Å²) in [6.45, 7) is 3.43. The van der Waals surface area contributed by atoms with Crippen molar-refractivity contribution in [2.24, 2.45) is 0 Å². The fourth-order valence-corrected chi connectivity index (χ4v) is 3.33. The number of rotatable bonds is 6. The van der Waals surface area contributed by atoms with Gasteiger partial charge in [0, 0.05) is 30.2 Å². The van der Waals surface area contributed by atoms with E-state index in [9.17, 15) is 13.6 Å². The highest BCUT2D eigenvalue weighted by Gasteiger charge is 2.19. The maximum absolute atomic E-state index is 12.9. The fourth-order valence-electron chi connectivity index (χ4n) is 3.33. The van der Waals surface area contributed by atoms with Gasteiger partial charge in [-0.1, -0.05) is 0 Å². The minimum Gasteiger partial charge on any atom is -0.435 e. The lowest BCUT2D eigenvalue weighted by Gasteiger charge is -2.10. The summed E-state index contributed by atoms with van der Waals surface area (Å²) in [5.74, 6) is -0.387. The molecule has 0 bridgehead atoms. The molecule has 1 N–H and O–H groups in total. The second kappa shape index (κ2) is 8.13. The monoisotopic (exact) mass is 426 g/mol. The van der Waals surface area contributed by atoms with Crippen molar-refractivity contribution >= 4 is 17.2 Å². The summed E-state index contributed by atoms with van der Waals surface area (Å²) < 4.78 is 32.6. The first-order valence-corrected chi connectivity index (χ1v) is 9.61. The lowest BCUT2D eigenvalue weighted by molar-refractivity contribution is -0.0498. The van der Waals surface area contributed by atoms with Gasteiger partial charge in [0.15, 0.2) is 5.65 Å². The van der Waals surface area contributed by atoms with Crippen molar-refractivity contribution in [1.82, 2.24) is 24.4 Å². The van der Waals surface area contributed by atoms with Crippen LogP contribution < -0.4 is 10.1 Å². The highest BCUT2D eigenvalue weighted by atomic mass is 19.3. The van der Waals surface area contributed by atoms with Gasteiger partial charge in [0.25, 0.3) is 5.91 Å². The molecule has 4 aromatic rings. The van der Waals surface area contributed by atoms with Crippen LogP contribution in [-0.4, -0.2) is 36.9 Å². The smallest absolute Gasteiger partial charge is 0.387 e. The number of benzene rings is 1. The van der Waals surface area contributed by atoms with Crippen molar-refractivity contribution in [2.45, 2.75) is 33.9 Å². The Bertz CT molecular complexity index is 1260. The van der Waals surface area contributed by atoms with Crippen molar-refractivity contribution < 1.29 is 18.3 Å². The molecule has 0 aliphatic carbocycles. The van der Waals surface area contributed by atoms with Crippen LogP contribution in [0.1, 0.15) is 28.5 Å². The number of ether oxygens (including phenoxy) is 1. The summed E-state index contributed by atoms with van der Waals surface area (Å²) in [6, 6.07) is 6.13. The van der Waals surface area contributed by atoms with E-state index in [1.54, 1.807) is 17.6 Å². The quantitative estimate of drug-likeness (QED) is 0.502. The van der Waals surface area contributed by atoms with Crippen LogP contribution >= 0.6 is 0 Å². The predicted octanol–water partition coefficient (Wildman–Crippen LogP) is 4.08. The molecule has 10 heteroatoms. The van der Waals surface area contributed by atoms with Crippen LogP contribution in [0.3, 0.4) is 0 Å². The van der Waals surface area contributed by atoms with Crippen molar-refractivity contribution in [3.05, 3.63) is 59.7 Å². The topological polar surface area (TPSA) is 86.3 Å². The molecule has 0 fully saturated rings. The zero-order valence-electron chi connectivity index (χ0n) is 17.1. The Kier molecular flexibility index (Phi) is 5.37. The Morgan fingerprint density at radius 1 is 1.26 bits per heavy atom. The number of nitrogens with zero attached hydrogens (tertiary/aromatic N) is 5. The van der Waals surface area contributed by atoms with E-state index in [-0.39, 0.29) is 11.3 Å². The van der Waals surface area contributed by atoms with Crippen LogP contribution in [0.25, 0.3) is 16.9 Å². The summed E-state index contributed by atoms with van der Waals surface area (Å²) in [4.78, 5) is 17.2. The van der Waals surface area contributed by atoms with Gasteiger partial charge in [-0.05, 0) is 50.6 Å².